The Morgan fingerprint density at radius 1 is 1.26 bits per heavy atom. The number of halogens is 1. The molecule has 1 aliphatic carbocycles. The zero-order chi connectivity index (χ0) is 14.3. The van der Waals surface area contributed by atoms with Gasteiger partial charge in [-0.3, -0.25) is 4.68 Å². The first-order valence-electron chi connectivity index (χ1n) is 7.19. The molecule has 1 aliphatic rings. The van der Waals surface area contributed by atoms with Gasteiger partial charge in [-0.15, -0.1) is 0 Å². The molecule has 0 aromatic carbocycles. The van der Waals surface area contributed by atoms with Gasteiger partial charge in [0.05, 0.1) is 5.69 Å². The van der Waals surface area contributed by atoms with E-state index in [1.54, 1.807) is 4.68 Å². The smallest absolute Gasteiger partial charge is 0.130 e. The lowest BCUT2D eigenvalue weighted by molar-refractivity contribution is 0.297. The Morgan fingerprint density at radius 3 is 2.53 bits per heavy atom. The summed E-state index contributed by atoms with van der Waals surface area (Å²) in [5.74, 6) is 0. The zero-order valence-corrected chi connectivity index (χ0v) is 13.3. The molecule has 0 amide bonds. The molecule has 1 aromatic rings. The molecule has 19 heavy (non-hydrogen) atoms. The maximum absolute atomic E-state index is 6.66. The minimum absolute atomic E-state index is 0.120. The topological polar surface area (TPSA) is 43.8 Å². The lowest BCUT2D eigenvalue weighted by Gasteiger charge is -2.29. The van der Waals surface area contributed by atoms with Crippen molar-refractivity contribution in [2.45, 2.75) is 64.8 Å². The molecule has 2 rings (SSSR count). The van der Waals surface area contributed by atoms with Crippen LogP contribution in [0.15, 0.2) is 0 Å². The Bertz CT molecular complexity index is 464. The Balaban J connectivity index is 2.17. The van der Waals surface area contributed by atoms with Gasteiger partial charge in [0.1, 0.15) is 5.15 Å². The fourth-order valence-electron chi connectivity index (χ4n) is 3.16. The number of hydrogen-bond acceptors (Lipinski definition) is 2. The van der Waals surface area contributed by atoms with Gasteiger partial charge in [0.25, 0.3) is 0 Å². The summed E-state index contributed by atoms with van der Waals surface area (Å²) in [4.78, 5) is 0. The molecule has 0 bridgehead atoms. The van der Waals surface area contributed by atoms with Crippen LogP contribution in [0.4, 0.5) is 0 Å². The second-order valence-corrected chi connectivity index (χ2v) is 7.39. The fourth-order valence-corrected chi connectivity index (χ4v) is 3.40. The van der Waals surface area contributed by atoms with Crippen LogP contribution >= 0.6 is 11.6 Å². The van der Waals surface area contributed by atoms with Crippen LogP contribution in [0.2, 0.25) is 5.15 Å². The van der Waals surface area contributed by atoms with E-state index < -0.39 is 0 Å². The van der Waals surface area contributed by atoms with E-state index in [0.29, 0.717) is 5.41 Å². The normalized spacial score (nSPS) is 27.3. The van der Waals surface area contributed by atoms with Gasteiger partial charge in [-0.2, -0.15) is 5.10 Å². The van der Waals surface area contributed by atoms with Gasteiger partial charge in [-0.1, -0.05) is 31.9 Å². The summed E-state index contributed by atoms with van der Waals surface area (Å²) in [7, 11) is 1.89. The van der Waals surface area contributed by atoms with Gasteiger partial charge in [0, 0.05) is 18.2 Å². The number of aromatic nitrogens is 2. The summed E-state index contributed by atoms with van der Waals surface area (Å²) in [6, 6.07) is 0. The zero-order valence-electron chi connectivity index (χ0n) is 12.6. The van der Waals surface area contributed by atoms with Gasteiger partial charge in [-0.05, 0) is 44.4 Å². The van der Waals surface area contributed by atoms with E-state index in [9.17, 15) is 0 Å². The minimum Gasteiger partial charge on any atom is -0.325 e. The van der Waals surface area contributed by atoms with Crippen molar-refractivity contribution in [2.24, 2.45) is 18.2 Å². The predicted octanol–water partition coefficient (Wildman–Crippen LogP) is 3.61. The van der Waals surface area contributed by atoms with Crippen molar-refractivity contribution < 1.29 is 0 Å². The molecule has 0 spiro atoms. The van der Waals surface area contributed by atoms with Crippen LogP contribution in [-0.4, -0.2) is 15.3 Å². The molecule has 1 atom stereocenters. The maximum Gasteiger partial charge on any atom is 0.130 e. The van der Waals surface area contributed by atoms with E-state index in [-0.39, 0.29) is 5.54 Å². The Labute approximate surface area is 121 Å². The highest BCUT2D eigenvalue weighted by molar-refractivity contribution is 6.30. The minimum atomic E-state index is -0.120. The van der Waals surface area contributed by atoms with Crippen LogP contribution in [0.3, 0.4) is 0 Å². The highest BCUT2D eigenvalue weighted by Crippen LogP contribution is 2.39. The number of rotatable bonds is 2. The first-order valence-corrected chi connectivity index (χ1v) is 7.57. The second-order valence-electron chi connectivity index (χ2n) is 7.04. The second kappa shape index (κ2) is 5.10. The molecule has 3 nitrogen and oxygen atoms in total. The van der Waals surface area contributed by atoms with E-state index in [0.717, 1.165) is 35.7 Å². The molecule has 108 valence electrons. The molecular formula is C15H26ClN3. The van der Waals surface area contributed by atoms with E-state index in [2.05, 4.69) is 18.9 Å². The molecule has 0 aliphatic heterocycles. The Hall–Kier alpha value is -0.540. The lowest BCUT2D eigenvalue weighted by atomic mass is 9.82. The Kier molecular flexibility index (Phi) is 3.99. The molecule has 0 saturated heterocycles. The molecule has 1 unspecified atom stereocenters. The summed E-state index contributed by atoms with van der Waals surface area (Å²) < 4.78 is 1.75. The van der Waals surface area contributed by atoms with Crippen molar-refractivity contribution in [1.29, 1.82) is 0 Å². The van der Waals surface area contributed by atoms with Crippen LogP contribution in [0, 0.1) is 12.3 Å². The first kappa shape index (κ1) is 14.9. The van der Waals surface area contributed by atoms with Gasteiger partial charge in [0.2, 0.25) is 0 Å². The highest BCUT2D eigenvalue weighted by Gasteiger charge is 2.34. The average Bonchev–Trinajstić information content (AvgIpc) is 2.47. The molecule has 1 saturated carbocycles. The van der Waals surface area contributed by atoms with Crippen LogP contribution < -0.4 is 5.73 Å². The molecule has 2 N–H and O–H groups in total. The lowest BCUT2D eigenvalue weighted by Crippen LogP contribution is -2.41. The maximum atomic E-state index is 6.66. The largest absolute Gasteiger partial charge is 0.325 e. The average molecular weight is 284 g/mol. The van der Waals surface area contributed by atoms with Crippen LogP contribution in [0.5, 0.6) is 0 Å². The van der Waals surface area contributed by atoms with E-state index in [1.807, 2.05) is 14.0 Å². The number of nitrogens with zero attached hydrogens (tertiary/aromatic N) is 2. The SMILES string of the molecule is Cc1nn(C)c(Cl)c1CC1(N)CCCC(C)(C)CC1. The van der Waals surface area contributed by atoms with Crippen molar-refractivity contribution in [3.63, 3.8) is 0 Å². The number of nitrogens with two attached hydrogens (primary N) is 1. The third kappa shape index (κ3) is 3.32. The standard InChI is InChI=1S/C15H26ClN3/c1-11-12(13(16)19(4)18-11)10-15(17)7-5-6-14(2,3)8-9-15/h5-10,17H2,1-4H3. The summed E-state index contributed by atoms with van der Waals surface area (Å²) in [6.45, 7) is 6.72. The van der Waals surface area contributed by atoms with Crippen LogP contribution in [0.25, 0.3) is 0 Å². The third-order valence-corrected chi connectivity index (χ3v) is 5.10. The van der Waals surface area contributed by atoms with Crippen molar-refractivity contribution in [1.82, 2.24) is 9.78 Å². The van der Waals surface area contributed by atoms with Gasteiger partial charge in [-0.25, -0.2) is 0 Å². The van der Waals surface area contributed by atoms with Crippen LogP contribution in [0.1, 0.15) is 57.2 Å². The van der Waals surface area contributed by atoms with E-state index >= 15 is 0 Å². The summed E-state index contributed by atoms with van der Waals surface area (Å²) in [5.41, 5.74) is 9.11. The van der Waals surface area contributed by atoms with Crippen molar-refractivity contribution in [3.05, 3.63) is 16.4 Å². The number of hydrogen-bond donors (Lipinski definition) is 1. The van der Waals surface area contributed by atoms with Gasteiger partial charge in [0.15, 0.2) is 0 Å². The van der Waals surface area contributed by atoms with Gasteiger partial charge < -0.3 is 5.73 Å². The summed E-state index contributed by atoms with van der Waals surface area (Å²) in [5, 5.41) is 5.13. The van der Waals surface area contributed by atoms with Crippen LogP contribution in [-0.2, 0) is 13.5 Å². The summed E-state index contributed by atoms with van der Waals surface area (Å²) >= 11 is 6.34. The highest BCUT2D eigenvalue weighted by atomic mass is 35.5. The Morgan fingerprint density at radius 2 is 1.95 bits per heavy atom. The predicted molar refractivity (Wildman–Crippen MR) is 80.4 cm³/mol. The molecule has 1 heterocycles. The molecule has 1 aromatic heterocycles. The van der Waals surface area contributed by atoms with E-state index in [1.165, 1.54) is 19.3 Å². The molecule has 1 fully saturated rings. The molecular weight excluding hydrogens is 258 g/mol. The monoisotopic (exact) mass is 283 g/mol. The van der Waals surface area contributed by atoms with Gasteiger partial charge >= 0.3 is 0 Å². The van der Waals surface area contributed by atoms with Crippen molar-refractivity contribution >= 4 is 11.6 Å². The third-order valence-electron chi connectivity index (χ3n) is 4.63. The van der Waals surface area contributed by atoms with E-state index in [4.69, 9.17) is 17.3 Å². The number of aryl methyl sites for hydroxylation is 2. The quantitative estimate of drug-likeness (QED) is 0.843. The van der Waals surface area contributed by atoms with Crippen molar-refractivity contribution in [2.75, 3.05) is 0 Å². The summed E-state index contributed by atoms with van der Waals surface area (Å²) in [6.07, 6.45) is 6.68. The van der Waals surface area contributed by atoms with Crippen molar-refractivity contribution in [3.8, 4) is 0 Å². The first-order chi connectivity index (χ1) is 8.72. The molecule has 0 radical (unpaired) electrons. The fraction of sp³-hybridized carbons (Fsp3) is 0.800. The molecule has 4 heteroatoms.